The molecule has 0 bridgehead atoms. The Balaban J connectivity index is 1.45. The zero-order chi connectivity index (χ0) is 30.9. The normalized spacial score (nSPS) is 16.8. The van der Waals surface area contributed by atoms with Gasteiger partial charge in [-0.1, -0.05) is 110 Å². The number of aliphatic hydroxyl groups excluding tert-OH is 1. The van der Waals surface area contributed by atoms with Gasteiger partial charge in [-0.3, -0.25) is 9.69 Å². The van der Waals surface area contributed by atoms with Gasteiger partial charge in [0.15, 0.2) is 0 Å². The van der Waals surface area contributed by atoms with Crippen molar-refractivity contribution in [3.63, 3.8) is 0 Å². The standard InChI is InChI=1S/C37H40N2O5/c1-27(36(41)39-32(26-44-37(39)42)22-28-12-6-3-7-13-28)35(40)34(23-29-18-20-33(43-2)21-19-29)38(24-30-14-8-4-9-15-30)25-31-16-10-5-11-17-31/h3-21,27,32,34-35,40H,22-26H2,1-2H3/t27-,32-,34-,35-/m1/s1. The van der Waals surface area contributed by atoms with Crippen LogP contribution in [0.4, 0.5) is 4.79 Å². The van der Waals surface area contributed by atoms with E-state index in [4.69, 9.17) is 9.47 Å². The maximum absolute atomic E-state index is 14.0. The van der Waals surface area contributed by atoms with E-state index >= 15 is 0 Å². The van der Waals surface area contributed by atoms with Crippen LogP contribution in [0.2, 0.25) is 0 Å². The molecule has 1 N–H and O–H groups in total. The Labute approximate surface area is 259 Å². The van der Waals surface area contributed by atoms with E-state index in [1.165, 1.54) is 4.90 Å². The average molecular weight is 593 g/mol. The fourth-order valence-corrected chi connectivity index (χ4v) is 5.86. The molecule has 2 amide bonds. The number of benzene rings is 4. The molecule has 0 aliphatic carbocycles. The third-order valence-electron chi connectivity index (χ3n) is 8.34. The molecular weight excluding hydrogens is 552 g/mol. The lowest BCUT2D eigenvalue weighted by Crippen LogP contribution is -2.52. The molecule has 44 heavy (non-hydrogen) atoms. The Morgan fingerprint density at radius 1 is 0.841 bits per heavy atom. The molecule has 0 spiro atoms. The molecule has 5 rings (SSSR count). The minimum Gasteiger partial charge on any atom is -0.497 e. The van der Waals surface area contributed by atoms with E-state index in [2.05, 4.69) is 29.2 Å². The number of carbonyl (C=O) groups excluding carboxylic acids is 2. The molecule has 4 atom stereocenters. The van der Waals surface area contributed by atoms with E-state index in [1.807, 2.05) is 91.0 Å². The van der Waals surface area contributed by atoms with Crippen molar-refractivity contribution >= 4 is 12.0 Å². The fraction of sp³-hybridized carbons (Fsp3) is 0.297. The second-order valence-corrected chi connectivity index (χ2v) is 11.4. The van der Waals surface area contributed by atoms with Crippen molar-refractivity contribution in [3.05, 3.63) is 138 Å². The minimum atomic E-state index is -1.08. The van der Waals surface area contributed by atoms with Crippen molar-refractivity contribution in [2.45, 2.75) is 51.0 Å². The summed E-state index contributed by atoms with van der Waals surface area (Å²) in [7, 11) is 1.63. The van der Waals surface area contributed by atoms with E-state index < -0.39 is 36.1 Å². The van der Waals surface area contributed by atoms with Gasteiger partial charge in [-0.05, 0) is 47.2 Å². The summed E-state index contributed by atoms with van der Waals surface area (Å²) in [6, 6.07) is 36.9. The molecule has 1 fully saturated rings. The van der Waals surface area contributed by atoms with Crippen LogP contribution in [0.3, 0.4) is 0 Å². The van der Waals surface area contributed by atoms with Crippen LogP contribution in [0.25, 0.3) is 0 Å². The third-order valence-corrected chi connectivity index (χ3v) is 8.34. The zero-order valence-corrected chi connectivity index (χ0v) is 25.3. The minimum absolute atomic E-state index is 0.131. The Hall–Kier alpha value is -4.46. The fourth-order valence-electron chi connectivity index (χ4n) is 5.86. The first-order valence-electron chi connectivity index (χ1n) is 15.1. The molecule has 0 saturated carbocycles. The van der Waals surface area contributed by atoms with Gasteiger partial charge in [-0.2, -0.15) is 0 Å². The van der Waals surface area contributed by atoms with Crippen molar-refractivity contribution in [2.75, 3.05) is 13.7 Å². The predicted octanol–water partition coefficient (Wildman–Crippen LogP) is 5.90. The van der Waals surface area contributed by atoms with Crippen LogP contribution in [0.15, 0.2) is 115 Å². The van der Waals surface area contributed by atoms with E-state index in [-0.39, 0.29) is 6.61 Å². The molecule has 1 heterocycles. The predicted molar refractivity (Wildman–Crippen MR) is 170 cm³/mol. The van der Waals surface area contributed by atoms with E-state index in [0.717, 1.165) is 28.0 Å². The van der Waals surface area contributed by atoms with Gasteiger partial charge in [0, 0.05) is 19.1 Å². The summed E-state index contributed by atoms with van der Waals surface area (Å²) in [5.41, 5.74) is 4.21. The van der Waals surface area contributed by atoms with Gasteiger partial charge in [0.25, 0.3) is 0 Å². The summed E-state index contributed by atoms with van der Waals surface area (Å²) in [6.45, 7) is 2.97. The molecular formula is C37H40N2O5. The number of amides is 2. The smallest absolute Gasteiger partial charge is 0.416 e. The van der Waals surface area contributed by atoms with Crippen LogP contribution >= 0.6 is 0 Å². The Morgan fingerprint density at radius 3 is 1.89 bits per heavy atom. The van der Waals surface area contributed by atoms with E-state index in [9.17, 15) is 14.7 Å². The lowest BCUT2D eigenvalue weighted by molar-refractivity contribution is -0.138. The summed E-state index contributed by atoms with van der Waals surface area (Å²) in [6.07, 6.45) is -0.764. The molecule has 1 saturated heterocycles. The van der Waals surface area contributed by atoms with Crippen molar-refractivity contribution < 1.29 is 24.2 Å². The molecule has 4 aromatic carbocycles. The number of rotatable bonds is 13. The van der Waals surface area contributed by atoms with Crippen molar-refractivity contribution in [3.8, 4) is 5.75 Å². The molecule has 0 unspecified atom stereocenters. The maximum Gasteiger partial charge on any atom is 0.416 e. The van der Waals surface area contributed by atoms with E-state index in [0.29, 0.717) is 25.9 Å². The Morgan fingerprint density at radius 2 is 1.36 bits per heavy atom. The Kier molecular flexibility index (Phi) is 10.4. The highest BCUT2D eigenvalue weighted by Gasteiger charge is 2.43. The number of carbonyl (C=O) groups is 2. The van der Waals surface area contributed by atoms with Crippen LogP contribution in [-0.2, 0) is 35.5 Å². The summed E-state index contributed by atoms with van der Waals surface area (Å²) in [4.78, 5) is 30.3. The first-order chi connectivity index (χ1) is 21.4. The topological polar surface area (TPSA) is 79.3 Å². The van der Waals surface area contributed by atoms with Crippen LogP contribution in [0, 0.1) is 5.92 Å². The van der Waals surface area contributed by atoms with Gasteiger partial charge in [-0.15, -0.1) is 0 Å². The number of hydrogen-bond acceptors (Lipinski definition) is 6. The SMILES string of the molecule is COc1ccc(C[C@H]([C@H](O)[C@@H](C)C(=O)N2C(=O)OC[C@H]2Cc2ccccc2)N(Cc2ccccc2)Cc2ccccc2)cc1. The average Bonchev–Trinajstić information content (AvgIpc) is 3.43. The van der Waals surface area contributed by atoms with Crippen molar-refractivity contribution in [2.24, 2.45) is 5.92 Å². The summed E-state index contributed by atoms with van der Waals surface area (Å²) in [5, 5.41) is 12.1. The van der Waals surface area contributed by atoms with Gasteiger partial charge in [0.05, 0.1) is 25.2 Å². The summed E-state index contributed by atoms with van der Waals surface area (Å²) < 4.78 is 10.7. The van der Waals surface area contributed by atoms with E-state index in [1.54, 1.807) is 14.0 Å². The number of hydrogen-bond donors (Lipinski definition) is 1. The first kappa shape index (κ1) is 31.0. The molecule has 0 aromatic heterocycles. The zero-order valence-electron chi connectivity index (χ0n) is 25.3. The van der Waals surface area contributed by atoms with Gasteiger partial charge in [0.1, 0.15) is 12.4 Å². The Bertz CT molecular complexity index is 1440. The quantitative estimate of drug-likeness (QED) is 0.208. The molecule has 7 nitrogen and oxygen atoms in total. The molecule has 0 radical (unpaired) electrons. The van der Waals surface area contributed by atoms with Gasteiger partial charge < -0.3 is 14.6 Å². The van der Waals surface area contributed by atoms with Gasteiger partial charge >= 0.3 is 6.09 Å². The van der Waals surface area contributed by atoms with Gasteiger partial charge in [0.2, 0.25) is 5.91 Å². The van der Waals surface area contributed by atoms with Crippen molar-refractivity contribution in [1.29, 1.82) is 0 Å². The largest absolute Gasteiger partial charge is 0.497 e. The molecule has 228 valence electrons. The number of aliphatic hydroxyl groups is 1. The van der Waals surface area contributed by atoms with Crippen LogP contribution in [0.5, 0.6) is 5.75 Å². The highest BCUT2D eigenvalue weighted by atomic mass is 16.6. The summed E-state index contributed by atoms with van der Waals surface area (Å²) in [5.74, 6) is -0.548. The number of nitrogens with zero attached hydrogens (tertiary/aromatic N) is 2. The number of cyclic esters (lactones) is 1. The second kappa shape index (κ2) is 14.8. The first-order valence-corrected chi connectivity index (χ1v) is 15.1. The monoisotopic (exact) mass is 592 g/mol. The van der Waals surface area contributed by atoms with Gasteiger partial charge in [-0.25, -0.2) is 9.69 Å². The van der Waals surface area contributed by atoms with Crippen LogP contribution in [-0.4, -0.2) is 58.8 Å². The highest BCUT2D eigenvalue weighted by molar-refractivity contribution is 5.95. The number of ether oxygens (including phenoxy) is 2. The van der Waals surface area contributed by atoms with Crippen molar-refractivity contribution in [1.82, 2.24) is 9.80 Å². The second-order valence-electron chi connectivity index (χ2n) is 11.4. The van der Waals surface area contributed by atoms with Crippen LogP contribution in [0.1, 0.15) is 29.2 Å². The maximum atomic E-state index is 14.0. The summed E-state index contributed by atoms with van der Waals surface area (Å²) >= 11 is 0. The molecule has 7 heteroatoms. The third kappa shape index (κ3) is 7.73. The molecule has 4 aromatic rings. The van der Waals surface area contributed by atoms with Crippen LogP contribution < -0.4 is 4.74 Å². The number of methoxy groups -OCH3 is 1. The lowest BCUT2D eigenvalue weighted by Gasteiger charge is -2.38. The number of imide groups is 1. The highest BCUT2D eigenvalue weighted by Crippen LogP contribution is 2.27. The molecule has 1 aliphatic heterocycles. The lowest BCUT2D eigenvalue weighted by atomic mass is 9.89. The molecule has 1 aliphatic rings.